The summed E-state index contributed by atoms with van der Waals surface area (Å²) in [5, 5.41) is 21.8. The summed E-state index contributed by atoms with van der Waals surface area (Å²) in [5.41, 5.74) is 1.26. The van der Waals surface area contributed by atoms with Crippen molar-refractivity contribution in [3.05, 3.63) is 35.8 Å². The van der Waals surface area contributed by atoms with E-state index in [-0.39, 0.29) is 29.9 Å². The van der Waals surface area contributed by atoms with Crippen LogP contribution in [0.5, 0.6) is 0 Å². The number of hydrogen-bond acceptors (Lipinski definition) is 6. The zero-order chi connectivity index (χ0) is 19.5. The molecule has 9 heteroatoms. The Morgan fingerprint density at radius 3 is 2.71 bits per heavy atom. The van der Waals surface area contributed by atoms with E-state index in [1.807, 2.05) is 13.2 Å². The molecule has 3 N–H and O–H groups in total. The molecule has 4 rings (SSSR count). The quantitative estimate of drug-likeness (QED) is 0.717. The van der Waals surface area contributed by atoms with Gasteiger partial charge >= 0.3 is 0 Å². The first kappa shape index (κ1) is 18.4. The maximum absolute atomic E-state index is 12.3. The Morgan fingerprint density at radius 1 is 1.21 bits per heavy atom. The van der Waals surface area contributed by atoms with Gasteiger partial charge in [0.05, 0.1) is 18.3 Å². The van der Waals surface area contributed by atoms with Crippen LogP contribution in [0.15, 0.2) is 24.5 Å². The first-order valence-electron chi connectivity index (χ1n) is 9.77. The lowest BCUT2D eigenvalue weighted by Gasteiger charge is -2.32. The van der Waals surface area contributed by atoms with Crippen molar-refractivity contribution in [3.63, 3.8) is 0 Å². The van der Waals surface area contributed by atoms with E-state index in [1.165, 1.54) is 0 Å². The van der Waals surface area contributed by atoms with Gasteiger partial charge in [0.2, 0.25) is 5.91 Å². The van der Waals surface area contributed by atoms with E-state index in [9.17, 15) is 9.59 Å². The molecule has 28 heavy (non-hydrogen) atoms. The molecule has 2 fully saturated rings. The van der Waals surface area contributed by atoms with Crippen molar-refractivity contribution in [2.24, 2.45) is 7.05 Å². The van der Waals surface area contributed by atoms with Gasteiger partial charge in [-0.25, -0.2) is 0 Å². The molecule has 1 saturated carbocycles. The highest BCUT2D eigenvalue weighted by Crippen LogP contribution is 2.26. The van der Waals surface area contributed by atoms with Gasteiger partial charge in [-0.2, -0.15) is 5.10 Å². The van der Waals surface area contributed by atoms with Crippen molar-refractivity contribution in [2.45, 2.75) is 56.7 Å². The number of anilines is 1. The highest BCUT2D eigenvalue weighted by atomic mass is 16.2. The van der Waals surface area contributed by atoms with Gasteiger partial charge in [0.1, 0.15) is 5.82 Å². The SMILES string of the molecule is Cn1cc([C@@H]2NC(=O)CC[C@H]2Nc2ccc(C(=O)NC3CCCC3)nn2)cn1. The second-order valence-electron chi connectivity index (χ2n) is 7.54. The first-order valence-corrected chi connectivity index (χ1v) is 9.77. The normalized spacial score (nSPS) is 22.7. The molecule has 9 nitrogen and oxygen atoms in total. The Bertz CT molecular complexity index is 842. The Hall–Kier alpha value is -2.97. The van der Waals surface area contributed by atoms with E-state index in [0.717, 1.165) is 31.2 Å². The average molecular weight is 383 g/mol. The molecule has 2 atom stereocenters. The zero-order valence-electron chi connectivity index (χ0n) is 15.9. The molecule has 3 heterocycles. The molecule has 2 aliphatic rings. The third kappa shape index (κ3) is 4.13. The van der Waals surface area contributed by atoms with Gasteiger partial charge in [-0.1, -0.05) is 12.8 Å². The highest BCUT2D eigenvalue weighted by Gasteiger charge is 2.31. The molecule has 148 valence electrons. The lowest BCUT2D eigenvalue weighted by atomic mass is 9.94. The van der Waals surface area contributed by atoms with Gasteiger partial charge < -0.3 is 16.0 Å². The fraction of sp³-hybridized carbons (Fsp3) is 0.526. The monoisotopic (exact) mass is 383 g/mol. The molecule has 0 unspecified atom stereocenters. The third-order valence-electron chi connectivity index (χ3n) is 5.41. The van der Waals surface area contributed by atoms with Gasteiger partial charge in [0, 0.05) is 31.3 Å². The summed E-state index contributed by atoms with van der Waals surface area (Å²) in [4.78, 5) is 24.2. The summed E-state index contributed by atoms with van der Waals surface area (Å²) in [6.45, 7) is 0. The molecule has 0 spiro atoms. The van der Waals surface area contributed by atoms with E-state index in [4.69, 9.17) is 0 Å². The minimum absolute atomic E-state index is 0.0249. The fourth-order valence-electron chi connectivity index (χ4n) is 3.92. The van der Waals surface area contributed by atoms with Crippen LogP contribution in [0.1, 0.15) is 60.6 Å². The van der Waals surface area contributed by atoms with Crippen molar-refractivity contribution < 1.29 is 9.59 Å². The number of amides is 2. The predicted molar refractivity (Wildman–Crippen MR) is 102 cm³/mol. The van der Waals surface area contributed by atoms with Gasteiger partial charge in [-0.15, -0.1) is 10.2 Å². The minimum Gasteiger partial charge on any atom is -0.363 e. The van der Waals surface area contributed by atoms with Crippen LogP contribution in [-0.4, -0.2) is 43.9 Å². The predicted octanol–water partition coefficient (Wildman–Crippen LogP) is 1.31. The maximum atomic E-state index is 12.3. The van der Waals surface area contributed by atoms with Crippen molar-refractivity contribution in [2.75, 3.05) is 5.32 Å². The Balaban J connectivity index is 1.42. The summed E-state index contributed by atoms with van der Waals surface area (Å²) in [5.74, 6) is 0.425. The van der Waals surface area contributed by atoms with Crippen molar-refractivity contribution >= 4 is 17.6 Å². The van der Waals surface area contributed by atoms with Gasteiger partial charge in [0.25, 0.3) is 5.91 Å². The van der Waals surface area contributed by atoms with Gasteiger partial charge in [-0.05, 0) is 31.4 Å². The van der Waals surface area contributed by atoms with E-state index in [2.05, 4.69) is 31.2 Å². The first-order chi connectivity index (χ1) is 13.6. The number of nitrogens with zero attached hydrogens (tertiary/aromatic N) is 4. The molecule has 2 aromatic rings. The van der Waals surface area contributed by atoms with Gasteiger partial charge in [0.15, 0.2) is 5.69 Å². The number of aryl methyl sites for hydroxylation is 1. The number of aromatic nitrogens is 4. The Labute approximate surface area is 163 Å². The van der Waals surface area contributed by atoms with Gasteiger partial charge in [-0.3, -0.25) is 14.3 Å². The fourth-order valence-corrected chi connectivity index (χ4v) is 3.92. The Morgan fingerprint density at radius 2 is 2.04 bits per heavy atom. The molecule has 1 aliphatic heterocycles. The lowest BCUT2D eigenvalue weighted by molar-refractivity contribution is -0.123. The second-order valence-corrected chi connectivity index (χ2v) is 7.54. The molecule has 1 aliphatic carbocycles. The Kier molecular flexibility index (Phi) is 5.23. The maximum Gasteiger partial charge on any atom is 0.272 e. The number of carbonyl (C=O) groups is 2. The molecule has 1 saturated heterocycles. The van der Waals surface area contributed by atoms with E-state index in [0.29, 0.717) is 24.4 Å². The van der Waals surface area contributed by atoms with Crippen LogP contribution in [0.25, 0.3) is 0 Å². The molecular weight excluding hydrogens is 358 g/mol. The highest BCUT2D eigenvalue weighted by molar-refractivity contribution is 5.92. The van der Waals surface area contributed by atoms with Crippen LogP contribution < -0.4 is 16.0 Å². The summed E-state index contributed by atoms with van der Waals surface area (Å²) >= 11 is 0. The van der Waals surface area contributed by atoms with E-state index in [1.54, 1.807) is 23.0 Å². The molecular formula is C19H25N7O2. The smallest absolute Gasteiger partial charge is 0.272 e. The number of nitrogens with one attached hydrogen (secondary N) is 3. The number of carbonyl (C=O) groups excluding carboxylic acids is 2. The second kappa shape index (κ2) is 7.95. The molecule has 0 radical (unpaired) electrons. The molecule has 2 aromatic heterocycles. The summed E-state index contributed by atoms with van der Waals surface area (Å²) < 4.78 is 1.71. The van der Waals surface area contributed by atoms with E-state index < -0.39 is 0 Å². The van der Waals surface area contributed by atoms with Crippen LogP contribution in [-0.2, 0) is 11.8 Å². The summed E-state index contributed by atoms with van der Waals surface area (Å²) in [7, 11) is 1.84. The van der Waals surface area contributed by atoms with Crippen LogP contribution >= 0.6 is 0 Å². The molecule has 0 aromatic carbocycles. The number of hydrogen-bond donors (Lipinski definition) is 3. The topological polar surface area (TPSA) is 114 Å². The number of rotatable bonds is 5. The summed E-state index contributed by atoms with van der Waals surface area (Å²) in [6, 6.07) is 3.46. The van der Waals surface area contributed by atoms with Crippen molar-refractivity contribution in [3.8, 4) is 0 Å². The van der Waals surface area contributed by atoms with Crippen LogP contribution in [0.4, 0.5) is 5.82 Å². The van der Waals surface area contributed by atoms with Crippen LogP contribution in [0.3, 0.4) is 0 Å². The van der Waals surface area contributed by atoms with Crippen LogP contribution in [0.2, 0.25) is 0 Å². The minimum atomic E-state index is -0.193. The molecule has 2 amide bonds. The standard InChI is InChI=1S/C19H25N7O2/c1-26-11-12(10-20-26)18-14(7-9-17(27)23-18)22-16-8-6-15(24-25-16)19(28)21-13-4-2-3-5-13/h6,8,10-11,13-14,18H,2-5,7,9H2,1H3,(H,21,28)(H,22,25)(H,23,27)/t14-,18+/m1/s1. The third-order valence-corrected chi connectivity index (χ3v) is 5.41. The molecule has 0 bridgehead atoms. The summed E-state index contributed by atoms with van der Waals surface area (Å²) in [6.07, 6.45) is 9.16. The number of piperidine rings is 1. The van der Waals surface area contributed by atoms with E-state index >= 15 is 0 Å². The van der Waals surface area contributed by atoms with Crippen molar-refractivity contribution in [1.82, 2.24) is 30.6 Å². The zero-order valence-corrected chi connectivity index (χ0v) is 15.9. The van der Waals surface area contributed by atoms with Crippen molar-refractivity contribution in [1.29, 1.82) is 0 Å². The van der Waals surface area contributed by atoms with Crippen LogP contribution in [0, 0.1) is 0 Å². The largest absolute Gasteiger partial charge is 0.363 e. The average Bonchev–Trinajstić information content (AvgIpc) is 3.35. The lowest BCUT2D eigenvalue weighted by Crippen LogP contribution is -2.45.